The zero-order valence-corrected chi connectivity index (χ0v) is 60.3. The summed E-state index contributed by atoms with van der Waals surface area (Å²) in [6.45, 7) is 21.0. The van der Waals surface area contributed by atoms with Crippen LogP contribution in [0.15, 0.2) is 60.8 Å². The Morgan fingerprint density at radius 2 is 1.25 bits per heavy atom. The van der Waals surface area contributed by atoms with Crippen molar-refractivity contribution in [2.45, 2.75) is 121 Å². The highest BCUT2D eigenvalue weighted by atomic mass is 32.2. The van der Waals surface area contributed by atoms with Gasteiger partial charge in [0.15, 0.2) is 0 Å². The van der Waals surface area contributed by atoms with Gasteiger partial charge in [-0.25, -0.2) is 28.0 Å². The normalized spacial score (nSPS) is 12.9. The van der Waals surface area contributed by atoms with E-state index in [-0.39, 0.29) is 134 Å². The largest absolute Gasteiger partial charge is 0.480 e. The van der Waals surface area contributed by atoms with E-state index in [4.69, 9.17) is 37.9 Å². The smallest absolute Gasteiger partial charge is 0.407 e. The number of nitrogens with zero attached hydrogens (tertiary/aromatic N) is 2. The van der Waals surface area contributed by atoms with Gasteiger partial charge >= 0.3 is 30.1 Å². The van der Waals surface area contributed by atoms with E-state index in [1.54, 1.807) is 17.2 Å². The second-order valence-corrected chi connectivity index (χ2v) is 39.0. The van der Waals surface area contributed by atoms with Crippen molar-refractivity contribution in [2.75, 3.05) is 124 Å². The minimum atomic E-state index is -1.48. The molecule has 0 fully saturated rings. The second-order valence-electron chi connectivity index (χ2n) is 25.5. The van der Waals surface area contributed by atoms with Crippen LogP contribution in [0.2, 0.25) is 51.4 Å². The van der Waals surface area contributed by atoms with Crippen LogP contribution in [0.4, 0.5) is 18.4 Å². The van der Waals surface area contributed by atoms with Gasteiger partial charge in [0.25, 0.3) is 0 Å². The van der Waals surface area contributed by atoms with E-state index in [0.29, 0.717) is 24.2 Å². The van der Waals surface area contributed by atoms with Crippen LogP contribution >= 0.6 is 23.5 Å². The number of esters is 2. The van der Waals surface area contributed by atoms with E-state index < -0.39 is 104 Å². The Morgan fingerprint density at radius 1 is 0.653 bits per heavy atom. The molecular formula is C64H99F2N7O18S2Si2. The SMILES string of the molecule is COC(=O)[C@H](CS[C@H](CC(=O)NCC(=O)NCCOCCOCCOCCOCCC(=O)N[C@@H](CSCC(=O)N(CCCNC(=O)OCC[Si](C)(C)C)[C@@H](c1cc(-c2cc(F)ccc2F)cn1Cc1ccccc1)C(C)(C)C)C(=O)O)C(=O)OC)NC(=O)OCC[Si](C)(C)C. The number of nitrogens with one attached hydrogen (secondary N) is 5. The third-order valence-electron chi connectivity index (χ3n) is 13.9. The van der Waals surface area contributed by atoms with Gasteiger partial charge in [0, 0.05) is 89.7 Å². The Morgan fingerprint density at radius 3 is 1.84 bits per heavy atom. The van der Waals surface area contributed by atoms with Gasteiger partial charge in [0.2, 0.25) is 23.6 Å². The van der Waals surface area contributed by atoms with Crippen LogP contribution in [-0.2, 0) is 78.0 Å². The molecule has 0 bridgehead atoms. The number of carboxylic acids is 1. The van der Waals surface area contributed by atoms with Gasteiger partial charge in [-0.1, -0.05) is 90.4 Å². The first-order valence-corrected chi connectivity index (χ1v) is 41.1. The molecule has 0 spiro atoms. The molecule has 0 saturated carbocycles. The molecule has 95 heavy (non-hydrogen) atoms. The maximum Gasteiger partial charge on any atom is 0.407 e. The number of amides is 6. The van der Waals surface area contributed by atoms with Gasteiger partial charge < -0.3 is 79.1 Å². The minimum absolute atomic E-state index is 0.0260. The maximum atomic E-state index is 15.4. The molecule has 2 aromatic carbocycles. The molecule has 6 N–H and O–H groups in total. The zero-order valence-electron chi connectivity index (χ0n) is 56.7. The topological polar surface area (TPSA) is 316 Å². The summed E-state index contributed by atoms with van der Waals surface area (Å²) < 4.78 is 74.2. The summed E-state index contributed by atoms with van der Waals surface area (Å²) in [7, 11) is -0.651. The van der Waals surface area contributed by atoms with Crippen LogP contribution in [-0.4, -0.2) is 226 Å². The van der Waals surface area contributed by atoms with Gasteiger partial charge in [-0.15, -0.1) is 23.5 Å². The third-order valence-corrected chi connectivity index (χ3v) is 19.7. The number of ether oxygens (including phenoxy) is 8. The van der Waals surface area contributed by atoms with Crippen molar-refractivity contribution in [3.05, 3.63) is 83.7 Å². The lowest BCUT2D eigenvalue weighted by atomic mass is 9.83. The van der Waals surface area contributed by atoms with Crippen LogP contribution in [0.25, 0.3) is 11.1 Å². The lowest BCUT2D eigenvalue weighted by molar-refractivity contribution is -0.143. The summed E-state index contributed by atoms with van der Waals surface area (Å²) in [5, 5.41) is 21.8. The van der Waals surface area contributed by atoms with Crippen LogP contribution in [0.5, 0.6) is 0 Å². The first kappa shape index (κ1) is 82.6. The number of aromatic nitrogens is 1. The molecule has 6 amide bonds. The Kier molecular flexibility index (Phi) is 37.9. The van der Waals surface area contributed by atoms with Crippen molar-refractivity contribution >= 4 is 93.4 Å². The van der Waals surface area contributed by atoms with E-state index in [1.165, 1.54) is 0 Å². The van der Waals surface area contributed by atoms with Gasteiger partial charge in [-0.05, 0) is 53.8 Å². The summed E-state index contributed by atoms with van der Waals surface area (Å²) in [5.41, 5.74) is 1.34. The molecule has 0 radical (unpaired) electrons. The zero-order chi connectivity index (χ0) is 70.6. The Bertz CT molecular complexity index is 2900. The quantitative estimate of drug-likeness (QED) is 0.0142. The number of aliphatic carboxylic acids is 1. The van der Waals surface area contributed by atoms with E-state index in [9.17, 15) is 52.6 Å². The summed E-state index contributed by atoms with van der Waals surface area (Å²) in [4.78, 5) is 117. The van der Waals surface area contributed by atoms with Crippen molar-refractivity contribution < 1.29 is 94.9 Å². The van der Waals surface area contributed by atoms with Crippen LogP contribution in [0, 0.1) is 17.0 Å². The average molecular weight is 1410 g/mol. The van der Waals surface area contributed by atoms with Crippen LogP contribution in [0.1, 0.15) is 57.3 Å². The Balaban J connectivity index is 1.41. The monoisotopic (exact) mass is 1410 g/mol. The molecule has 0 aliphatic rings. The van der Waals surface area contributed by atoms with E-state index in [2.05, 4.69) is 65.9 Å². The van der Waals surface area contributed by atoms with Crippen molar-refractivity contribution in [3.63, 3.8) is 0 Å². The number of methoxy groups -OCH3 is 2. The fourth-order valence-corrected chi connectivity index (χ4v) is 12.4. The number of hydrogen-bond acceptors (Lipinski definition) is 19. The number of thioether (sulfide) groups is 2. The predicted octanol–water partition coefficient (Wildman–Crippen LogP) is 7.11. The average Bonchev–Trinajstić information content (AvgIpc) is 1.65. The first-order valence-electron chi connectivity index (χ1n) is 31.5. The number of carbonyl (C=O) groups is 9. The highest BCUT2D eigenvalue weighted by Gasteiger charge is 2.38. The maximum absolute atomic E-state index is 15.4. The highest BCUT2D eigenvalue weighted by molar-refractivity contribution is 8.00. The van der Waals surface area contributed by atoms with E-state index in [1.807, 2.05) is 55.7 Å². The molecule has 0 unspecified atom stereocenters. The summed E-state index contributed by atoms with van der Waals surface area (Å²) >= 11 is 1.92. The van der Waals surface area contributed by atoms with Gasteiger partial charge in [-0.3, -0.25) is 24.0 Å². The van der Waals surface area contributed by atoms with Gasteiger partial charge in [0.05, 0.1) is 98.6 Å². The first-order chi connectivity index (χ1) is 44.9. The number of carbonyl (C=O) groups excluding carboxylic acids is 8. The molecule has 532 valence electrons. The molecule has 0 aliphatic carbocycles. The van der Waals surface area contributed by atoms with E-state index >= 15 is 4.39 Å². The summed E-state index contributed by atoms with van der Waals surface area (Å²) in [6, 6.07) is 12.9. The molecular weight excluding hydrogens is 1310 g/mol. The number of carboxylic acid groups (broad SMARTS) is 1. The molecule has 3 aromatic rings. The molecule has 0 saturated heterocycles. The molecule has 4 atom stereocenters. The standard InChI is InChI=1S/C64H99F2N7O18S2Si2/c1-64(2,3)58(52-36-46(48-37-47(65)18-19-49(48)66)41-72(52)40-45-16-13-12-14-17-45)73(23-15-21-68-62(82)90-32-34-94(6,7)8)57(77)44-92-42-50(59(78)79)70-54(74)20-24-86-26-28-88-30-31-89-29-27-87-25-22-67-56(76)39-69-55(75)38-53(61(81)85-5)93-43-51(60(80)84-4)71-63(83)91-33-35-95(9,10)11/h12-14,16-19,36-37,41,50-51,53,58H,15,20-35,38-40,42-44H2,1-11H3,(H,67,76)(H,68,82)(H,69,75)(H,70,74)(H,71,83)(H,78,79)/t50-,51-,53+,58-/m0/s1. The van der Waals surface area contributed by atoms with Gasteiger partial charge in [0.1, 0.15) is 29.0 Å². The Labute approximate surface area is 566 Å². The number of halogens is 2. The second kappa shape index (κ2) is 43.5. The van der Waals surface area contributed by atoms with Crippen molar-refractivity contribution in [2.24, 2.45) is 5.41 Å². The lowest BCUT2D eigenvalue weighted by Crippen LogP contribution is -2.45. The number of alkyl carbamates (subject to hydrolysis) is 2. The fourth-order valence-electron chi connectivity index (χ4n) is 8.91. The molecule has 25 nitrogen and oxygen atoms in total. The molecule has 31 heteroatoms. The third kappa shape index (κ3) is 34.8. The molecule has 0 aliphatic heterocycles. The lowest BCUT2D eigenvalue weighted by Gasteiger charge is -2.41. The molecule has 1 aromatic heterocycles. The number of hydrogen-bond donors (Lipinski definition) is 6. The van der Waals surface area contributed by atoms with Crippen molar-refractivity contribution in [1.29, 1.82) is 0 Å². The minimum Gasteiger partial charge on any atom is -0.480 e. The fraction of sp³-hybridized carbons (Fsp3) is 0.609. The predicted molar refractivity (Wildman–Crippen MR) is 363 cm³/mol. The van der Waals surface area contributed by atoms with Gasteiger partial charge in [-0.2, -0.15) is 0 Å². The Hall–Kier alpha value is -6.62. The summed E-state index contributed by atoms with van der Waals surface area (Å²) in [6.07, 6.45) is 0.128. The molecule has 1 heterocycles. The highest BCUT2D eigenvalue weighted by Crippen LogP contribution is 2.41. The van der Waals surface area contributed by atoms with Crippen LogP contribution in [0.3, 0.4) is 0 Å². The number of benzene rings is 2. The van der Waals surface area contributed by atoms with Crippen LogP contribution < -0.4 is 26.6 Å². The van der Waals surface area contributed by atoms with Crippen molar-refractivity contribution in [1.82, 2.24) is 36.1 Å². The number of rotatable bonds is 46. The van der Waals surface area contributed by atoms with E-state index in [0.717, 1.165) is 73.6 Å². The molecule has 3 rings (SSSR count). The van der Waals surface area contributed by atoms with Crippen molar-refractivity contribution in [3.8, 4) is 11.1 Å². The summed E-state index contributed by atoms with van der Waals surface area (Å²) in [5.74, 6) is -6.62.